The van der Waals surface area contributed by atoms with Gasteiger partial charge in [-0.15, -0.1) is 0 Å². The second-order valence-electron chi connectivity index (χ2n) is 9.19. The average Bonchev–Trinajstić information content (AvgIpc) is 3.64. The van der Waals surface area contributed by atoms with Crippen LogP contribution in [0.4, 0.5) is 0 Å². The quantitative estimate of drug-likeness (QED) is 0.570. The minimum absolute atomic E-state index is 0.188. The van der Waals surface area contributed by atoms with Crippen LogP contribution in [0, 0.1) is 5.92 Å². The van der Waals surface area contributed by atoms with Crippen molar-refractivity contribution in [1.82, 2.24) is 15.2 Å². The number of aromatic nitrogens is 1. The molecule has 1 saturated carbocycles. The number of rotatable bonds is 7. The van der Waals surface area contributed by atoms with E-state index in [0.29, 0.717) is 25.9 Å². The van der Waals surface area contributed by atoms with E-state index >= 15 is 0 Å². The fourth-order valence-electron chi connectivity index (χ4n) is 4.79. The number of hydrogen-bond donors (Lipinski definition) is 2. The summed E-state index contributed by atoms with van der Waals surface area (Å²) in [6, 6.07) is 16.5. The third-order valence-corrected chi connectivity index (χ3v) is 6.92. The normalized spacial score (nSPS) is 16.7. The predicted molar refractivity (Wildman–Crippen MR) is 129 cm³/mol. The molecule has 172 valence electrons. The Balaban J connectivity index is 1.25. The molecule has 5 rings (SSSR count). The number of H-pyrrole nitrogens is 1. The molecule has 1 aliphatic carbocycles. The van der Waals surface area contributed by atoms with Gasteiger partial charge >= 0.3 is 0 Å². The lowest BCUT2D eigenvalue weighted by atomic mass is 9.99. The highest BCUT2D eigenvalue weighted by Crippen LogP contribution is 2.33. The lowest BCUT2D eigenvalue weighted by Gasteiger charge is -2.32. The van der Waals surface area contributed by atoms with Gasteiger partial charge in [-0.25, -0.2) is 0 Å². The number of hydrogen-bond acceptors (Lipinski definition) is 3. The molecule has 2 aromatic carbocycles. The van der Waals surface area contributed by atoms with Crippen molar-refractivity contribution in [2.24, 2.45) is 5.92 Å². The summed E-state index contributed by atoms with van der Waals surface area (Å²) in [6.45, 7) is 1.43. The summed E-state index contributed by atoms with van der Waals surface area (Å²) in [4.78, 5) is 30.5. The number of methoxy groups -OCH3 is 1. The van der Waals surface area contributed by atoms with E-state index in [4.69, 9.17) is 4.74 Å². The first-order chi connectivity index (χ1) is 16.1. The summed E-state index contributed by atoms with van der Waals surface area (Å²) in [6.07, 6.45) is 4.89. The van der Waals surface area contributed by atoms with Gasteiger partial charge in [-0.3, -0.25) is 9.59 Å². The molecule has 0 bridgehead atoms. The van der Waals surface area contributed by atoms with Gasteiger partial charge in [0.15, 0.2) is 0 Å². The van der Waals surface area contributed by atoms with E-state index in [-0.39, 0.29) is 23.8 Å². The molecule has 6 nitrogen and oxygen atoms in total. The molecule has 1 aromatic heterocycles. The van der Waals surface area contributed by atoms with Crippen molar-refractivity contribution in [3.63, 3.8) is 0 Å². The third kappa shape index (κ3) is 4.75. The first kappa shape index (κ1) is 21.6. The monoisotopic (exact) mass is 445 g/mol. The van der Waals surface area contributed by atoms with Crippen LogP contribution in [0.25, 0.3) is 22.2 Å². The fraction of sp³-hybridized carbons (Fsp3) is 0.407. The second kappa shape index (κ2) is 9.30. The van der Waals surface area contributed by atoms with Crippen LogP contribution in [-0.2, 0) is 16.0 Å². The SMILES string of the molecule is COc1ccc(-c2[nH]c3ccccc3c2CCC(=O)N2CCC(NC(=O)C3CC3)CC2)cc1. The van der Waals surface area contributed by atoms with Gasteiger partial charge in [-0.1, -0.05) is 18.2 Å². The first-order valence-corrected chi connectivity index (χ1v) is 11.9. The summed E-state index contributed by atoms with van der Waals surface area (Å²) in [5.74, 6) is 1.45. The molecule has 1 saturated heterocycles. The molecule has 2 amide bonds. The largest absolute Gasteiger partial charge is 0.497 e. The molecule has 2 fully saturated rings. The van der Waals surface area contributed by atoms with Crippen LogP contribution < -0.4 is 10.1 Å². The van der Waals surface area contributed by atoms with Crippen LogP contribution in [0.2, 0.25) is 0 Å². The Morgan fingerprint density at radius 1 is 1.03 bits per heavy atom. The number of para-hydroxylation sites is 1. The smallest absolute Gasteiger partial charge is 0.223 e. The van der Waals surface area contributed by atoms with Gasteiger partial charge in [-0.2, -0.15) is 0 Å². The van der Waals surface area contributed by atoms with E-state index in [1.54, 1.807) is 7.11 Å². The summed E-state index contributed by atoms with van der Waals surface area (Å²) < 4.78 is 5.30. The van der Waals surface area contributed by atoms with E-state index in [0.717, 1.165) is 53.6 Å². The summed E-state index contributed by atoms with van der Waals surface area (Å²) in [5.41, 5.74) is 4.41. The number of amides is 2. The van der Waals surface area contributed by atoms with Crippen molar-refractivity contribution >= 4 is 22.7 Å². The van der Waals surface area contributed by atoms with Crippen LogP contribution in [0.1, 0.15) is 37.7 Å². The number of nitrogens with zero attached hydrogens (tertiary/aromatic N) is 1. The predicted octanol–water partition coefficient (Wildman–Crippen LogP) is 4.29. The average molecular weight is 446 g/mol. The van der Waals surface area contributed by atoms with Gasteiger partial charge in [0.25, 0.3) is 0 Å². The molecular weight excluding hydrogens is 414 g/mol. The minimum atomic E-state index is 0.188. The molecule has 0 radical (unpaired) electrons. The van der Waals surface area contributed by atoms with E-state index in [1.165, 1.54) is 5.56 Å². The zero-order valence-corrected chi connectivity index (χ0v) is 19.1. The third-order valence-electron chi connectivity index (χ3n) is 6.92. The van der Waals surface area contributed by atoms with Crippen LogP contribution in [-0.4, -0.2) is 47.9 Å². The van der Waals surface area contributed by atoms with Crippen LogP contribution in [0.3, 0.4) is 0 Å². The van der Waals surface area contributed by atoms with Crippen molar-refractivity contribution in [1.29, 1.82) is 0 Å². The highest BCUT2D eigenvalue weighted by Gasteiger charge is 2.32. The molecule has 3 aromatic rings. The van der Waals surface area contributed by atoms with Gasteiger partial charge in [0, 0.05) is 48.1 Å². The molecule has 2 aliphatic rings. The number of piperidine rings is 1. The van der Waals surface area contributed by atoms with E-state index in [2.05, 4.69) is 34.6 Å². The number of aromatic amines is 1. The Bertz CT molecular complexity index is 1140. The topological polar surface area (TPSA) is 74.4 Å². The molecular formula is C27H31N3O3. The van der Waals surface area contributed by atoms with E-state index < -0.39 is 0 Å². The molecule has 1 aliphatic heterocycles. The number of carbonyl (C=O) groups excluding carboxylic acids is 2. The molecule has 0 atom stereocenters. The minimum Gasteiger partial charge on any atom is -0.497 e. The molecule has 6 heteroatoms. The highest BCUT2D eigenvalue weighted by molar-refractivity contribution is 5.91. The van der Waals surface area contributed by atoms with Gasteiger partial charge in [0.1, 0.15) is 5.75 Å². The van der Waals surface area contributed by atoms with Gasteiger partial charge in [0.05, 0.1) is 7.11 Å². The Hall–Kier alpha value is -3.28. The van der Waals surface area contributed by atoms with Gasteiger partial charge < -0.3 is 19.9 Å². The molecule has 0 unspecified atom stereocenters. The van der Waals surface area contributed by atoms with Crippen LogP contribution in [0.15, 0.2) is 48.5 Å². The Labute approximate surface area is 194 Å². The number of fused-ring (bicyclic) bond motifs is 1. The van der Waals surface area contributed by atoms with Crippen LogP contribution in [0.5, 0.6) is 5.75 Å². The number of carbonyl (C=O) groups is 2. The van der Waals surface area contributed by atoms with E-state index in [9.17, 15) is 9.59 Å². The number of aryl methyl sites for hydroxylation is 1. The van der Waals surface area contributed by atoms with Crippen molar-refractivity contribution in [2.45, 2.75) is 44.6 Å². The number of likely N-dealkylation sites (tertiary alicyclic amines) is 1. The summed E-state index contributed by atoms with van der Waals surface area (Å²) in [5, 5.41) is 4.32. The zero-order valence-electron chi connectivity index (χ0n) is 19.1. The zero-order chi connectivity index (χ0) is 22.8. The Morgan fingerprint density at radius 2 is 1.76 bits per heavy atom. The standard InChI is InChI=1S/C27H31N3O3/c1-33-21-10-8-18(9-11-21)26-23(22-4-2-3-5-24(22)29-26)12-13-25(31)30-16-14-20(15-17-30)28-27(32)19-6-7-19/h2-5,8-11,19-20,29H,6-7,12-17H2,1H3,(H,28,32). The number of benzene rings is 2. The molecule has 33 heavy (non-hydrogen) atoms. The van der Waals surface area contributed by atoms with Gasteiger partial charge in [0.2, 0.25) is 11.8 Å². The highest BCUT2D eigenvalue weighted by atomic mass is 16.5. The van der Waals surface area contributed by atoms with Crippen molar-refractivity contribution in [3.8, 4) is 17.0 Å². The van der Waals surface area contributed by atoms with Crippen molar-refractivity contribution < 1.29 is 14.3 Å². The maximum Gasteiger partial charge on any atom is 0.223 e. The summed E-state index contributed by atoms with van der Waals surface area (Å²) >= 11 is 0. The first-order valence-electron chi connectivity index (χ1n) is 11.9. The maximum atomic E-state index is 13.0. The Morgan fingerprint density at radius 3 is 2.45 bits per heavy atom. The summed E-state index contributed by atoms with van der Waals surface area (Å²) in [7, 11) is 1.67. The second-order valence-corrected chi connectivity index (χ2v) is 9.19. The van der Waals surface area contributed by atoms with E-state index in [1.807, 2.05) is 29.2 Å². The van der Waals surface area contributed by atoms with Crippen molar-refractivity contribution in [2.75, 3.05) is 20.2 Å². The fourth-order valence-corrected chi connectivity index (χ4v) is 4.79. The van der Waals surface area contributed by atoms with Crippen LogP contribution >= 0.6 is 0 Å². The Kier molecular flexibility index (Phi) is 6.07. The number of ether oxygens (including phenoxy) is 1. The van der Waals surface area contributed by atoms with Crippen molar-refractivity contribution in [3.05, 3.63) is 54.1 Å². The number of nitrogens with one attached hydrogen (secondary N) is 2. The molecule has 2 N–H and O–H groups in total. The molecule has 0 spiro atoms. The lowest BCUT2D eigenvalue weighted by molar-refractivity contribution is -0.132. The molecule has 2 heterocycles. The lowest BCUT2D eigenvalue weighted by Crippen LogP contribution is -2.47. The maximum absolute atomic E-state index is 13.0. The van der Waals surface area contributed by atoms with Gasteiger partial charge in [-0.05, 0) is 73.6 Å².